The zero-order valence-corrected chi connectivity index (χ0v) is 16.4. The molecule has 0 aliphatic carbocycles. The maximum absolute atomic E-state index is 13.9. The summed E-state index contributed by atoms with van der Waals surface area (Å²) in [4.78, 5) is 0. The number of halogens is 1. The van der Waals surface area contributed by atoms with Crippen LogP contribution in [0, 0.1) is 0 Å². The van der Waals surface area contributed by atoms with Crippen molar-refractivity contribution in [1.29, 1.82) is 0 Å². The fourth-order valence-corrected chi connectivity index (χ4v) is 3.32. The highest BCUT2D eigenvalue weighted by Gasteiger charge is 2.41. The van der Waals surface area contributed by atoms with Crippen molar-refractivity contribution in [2.24, 2.45) is 0 Å². The summed E-state index contributed by atoms with van der Waals surface area (Å²) in [6.07, 6.45) is -0.0545. The Balaban J connectivity index is 1.79. The maximum Gasteiger partial charge on any atom is 0.680 e. The van der Waals surface area contributed by atoms with E-state index in [2.05, 4.69) is 0 Å². The molecule has 8 heteroatoms. The third kappa shape index (κ3) is 4.51. The Hall–Kier alpha value is -2.45. The van der Waals surface area contributed by atoms with Gasteiger partial charge in [0.2, 0.25) is 0 Å². The second-order valence-electron chi connectivity index (χ2n) is 6.39. The third-order valence-corrected chi connectivity index (χ3v) is 4.81. The minimum atomic E-state index is -1.76. The molecule has 1 fully saturated rings. The summed E-state index contributed by atoms with van der Waals surface area (Å²) in [5.41, 5.74) is 1.77. The van der Waals surface area contributed by atoms with E-state index in [1.165, 1.54) is 0 Å². The van der Waals surface area contributed by atoms with Gasteiger partial charge < -0.3 is 28.3 Å². The molecule has 2 atom stereocenters. The molecule has 0 bridgehead atoms. The largest absolute Gasteiger partial charge is 0.680 e. The van der Waals surface area contributed by atoms with Crippen molar-refractivity contribution in [3.8, 4) is 23.0 Å². The molecule has 1 aliphatic heterocycles. The van der Waals surface area contributed by atoms with E-state index in [-0.39, 0.29) is 0 Å². The van der Waals surface area contributed by atoms with E-state index in [0.717, 1.165) is 11.1 Å². The number of hydrogen-bond acceptors (Lipinski definition) is 6. The zero-order valence-electron chi connectivity index (χ0n) is 16.4. The molecule has 28 heavy (non-hydrogen) atoms. The molecule has 1 saturated heterocycles. The van der Waals surface area contributed by atoms with Gasteiger partial charge in [0.05, 0.1) is 40.6 Å². The van der Waals surface area contributed by atoms with Gasteiger partial charge >= 0.3 is 7.40 Å². The van der Waals surface area contributed by atoms with E-state index in [1.807, 2.05) is 24.3 Å². The summed E-state index contributed by atoms with van der Waals surface area (Å²) in [5, 5.41) is 0. The quantitative estimate of drug-likeness (QED) is 0.646. The number of hydrogen-bond donors (Lipinski definition) is 0. The molecule has 150 valence electrons. The molecule has 0 unspecified atom stereocenters. The van der Waals surface area contributed by atoms with Crippen LogP contribution in [0.3, 0.4) is 0 Å². The Morgan fingerprint density at radius 2 is 1.18 bits per heavy atom. The number of rotatable bonds is 8. The molecule has 1 aliphatic rings. The summed E-state index contributed by atoms with van der Waals surface area (Å²) in [6.45, 7) is 0. The summed E-state index contributed by atoms with van der Waals surface area (Å²) in [6, 6.07) is 11.0. The van der Waals surface area contributed by atoms with Crippen LogP contribution in [0.2, 0.25) is 0 Å². The van der Waals surface area contributed by atoms with E-state index in [4.69, 9.17) is 28.3 Å². The second kappa shape index (κ2) is 9.17. The van der Waals surface area contributed by atoms with Crippen LogP contribution in [0.4, 0.5) is 4.32 Å². The highest BCUT2D eigenvalue weighted by molar-refractivity contribution is 6.36. The summed E-state index contributed by atoms with van der Waals surface area (Å²) in [5.74, 6) is 2.69. The minimum Gasteiger partial charge on any atom is -0.497 e. The first-order chi connectivity index (χ1) is 13.6. The van der Waals surface area contributed by atoms with Crippen LogP contribution in [0.25, 0.3) is 0 Å². The molecule has 6 nitrogen and oxygen atoms in total. The lowest BCUT2D eigenvalue weighted by molar-refractivity contribution is 0.153. The topological polar surface area (TPSA) is 55.4 Å². The first-order valence-corrected chi connectivity index (χ1v) is 8.94. The van der Waals surface area contributed by atoms with Gasteiger partial charge in [0, 0.05) is 25.0 Å². The number of ether oxygens (including phenoxy) is 4. The molecule has 0 aromatic heterocycles. The molecular formula is C20H24BFO6. The lowest BCUT2D eigenvalue weighted by Gasteiger charge is -2.21. The molecule has 0 radical (unpaired) electrons. The molecule has 3 rings (SSSR count). The SMILES string of the molecule is COc1ccc(C[C@@H]2OB(F)O[C@H]2Cc2ccc(OC)cc2OC)c(OC)c1. The monoisotopic (exact) mass is 390 g/mol. The predicted octanol–water partition coefficient (Wildman–Crippen LogP) is 3.24. The van der Waals surface area contributed by atoms with Crippen molar-refractivity contribution < 1.29 is 32.6 Å². The average Bonchev–Trinajstić information content (AvgIpc) is 3.07. The van der Waals surface area contributed by atoms with Crippen molar-refractivity contribution in [2.75, 3.05) is 28.4 Å². The van der Waals surface area contributed by atoms with Gasteiger partial charge in [0.25, 0.3) is 0 Å². The van der Waals surface area contributed by atoms with Gasteiger partial charge in [-0.25, -0.2) is 0 Å². The summed E-state index contributed by atoms with van der Waals surface area (Å²) >= 11 is 0. The fraction of sp³-hybridized carbons (Fsp3) is 0.400. The Morgan fingerprint density at radius 3 is 1.54 bits per heavy atom. The van der Waals surface area contributed by atoms with Gasteiger partial charge in [-0.15, -0.1) is 0 Å². The summed E-state index contributed by atoms with van der Waals surface area (Å²) < 4.78 is 46.0. The summed E-state index contributed by atoms with van der Waals surface area (Å²) in [7, 11) is 4.59. The van der Waals surface area contributed by atoms with Crippen molar-refractivity contribution in [3.63, 3.8) is 0 Å². The van der Waals surface area contributed by atoms with Gasteiger partial charge in [-0.3, -0.25) is 4.32 Å². The Labute approximate surface area is 164 Å². The van der Waals surface area contributed by atoms with Crippen LogP contribution in [0.15, 0.2) is 36.4 Å². The molecular weight excluding hydrogens is 366 g/mol. The van der Waals surface area contributed by atoms with E-state index >= 15 is 0 Å². The smallest absolute Gasteiger partial charge is 0.497 e. The number of benzene rings is 2. The molecule has 1 heterocycles. The predicted molar refractivity (Wildman–Crippen MR) is 103 cm³/mol. The molecule has 0 saturated carbocycles. The van der Waals surface area contributed by atoms with E-state index in [1.54, 1.807) is 40.6 Å². The Morgan fingerprint density at radius 1 is 0.750 bits per heavy atom. The highest BCUT2D eigenvalue weighted by atomic mass is 19.1. The zero-order chi connectivity index (χ0) is 20.1. The van der Waals surface area contributed by atoms with Gasteiger partial charge in [0.1, 0.15) is 23.0 Å². The lowest BCUT2D eigenvalue weighted by Crippen LogP contribution is -2.27. The Bertz CT molecular complexity index is 737. The van der Waals surface area contributed by atoms with Crippen molar-refractivity contribution in [3.05, 3.63) is 47.5 Å². The highest BCUT2D eigenvalue weighted by Crippen LogP contribution is 2.32. The molecule has 2 aromatic rings. The molecule has 2 aromatic carbocycles. The van der Waals surface area contributed by atoms with Gasteiger partial charge in [-0.05, 0) is 23.3 Å². The van der Waals surface area contributed by atoms with Crippen molar-refractivity contribution in [2.45, 2.75) is 25.0 Å². The first kappa shape index (κ1) is 20.3. The van der Waals surface area contributed by atoms with E-state index < -0.39 is 19.6 Å². The second-order valence-corrected chi connectivity index (χ2v) is 6.39. The number of methoxy groups -OCH3 is 4. The minimum absolute atomic E-state index is 0.441. The van der Waals surface area contributed by atoms with Crippen LogP contribution in [-0.2, 0) is 22.2 Å². The van der Waals surface area contributed by atoms with Gasteiger partial charge in [-0.2, -0.15) is 0 Å². The van der Waals surface area contributed by atoms with E-state index in [0.29, 0.717) is 35.8 Å². The van der Waals surface area contributed by atoms with Crippen LogP contribution < -0.4 is 18.9 Å². The third-order valence-electron chi connectivity index (χ3n) is 4.81. The lowest BCUT2D eigenvalue weighted by atomic mass is 9.97. The normalized spacial score (nSPS) is 18.8. The van der Waals surface area contributed by atoms with Crippen molar-refractivity contribution in [1.82, 2.24) is 0 Å². The fourth-order valence-electron chi connectivity index (χ4n) is 3.32. The van der Waals surface area contributed by atoms with E-state index in [9.17, 15) is 4.32 Å². The maximum atomic E-state index is 13.9. The standard InChI is InChI=1S/C20H24BFO6/c1-23-15-7-5-13(17(11-15)25-3)9-19-20(28-21(22)27-19)10-14-6-8-16(24-2)12-18(14)26-4/h5-8,11-12,19-20H,9-10H2,1-4H3/t19-,20-/m0/s1. The van der Waals surface area contributed by atoms with Crippen LogP contribution in [0.1, 0.15) is 11.1 Å². The molecule has 0 amide bonds. The average molecular weight is 390 g/mol. The first-order valence-electron chi connectivity index (χ1n) is 8.94. The van der Waals surface area contributed by atoms with Crippen LogP contribution in [0.5, 0.6) is 23.0 Å². The van der Waals surface area contributed by atoms with Gasteiger partial charge in [0.15, 0.2) is 0 Å². The molecule has 0 spiro atoms. The Kier molecular flexibility index (Phi) is 6.64. The van der Waals surface area contributed by atoms with Crippen LogP contribution in [-0.4, -0.2) is 48.0 Å². The van der Waals surface area contributed by atoms with Gasteiger partial charge in [-0.1, -0.05) is 12.1 Å². The van der Waals surface area contributed by atoms with Crippen molar-refractivity contribution >= 4 is 7.40 Å². The van der Waals surface area contributed by atoms with Crippen LogP contribution >= 0.6 is 0 Å². The molecule has 0 N–H and O–H groups in total.